The summed E-state index contributed by atoms with van der Waals surface area (Å²) in [6.07, 6.45) is 0. The van der Waals surface area contributed by atoms with E-state index in [1.165, 1.54) is 0 Å². The van der Waals surface area contributed by atoms with Crippen LogP contribution in [0.15, 0.2) is 0 Å². The van der Waals surface area contributed by atoms with E-state index in [4.69, 9.17) is 23.4 Å². The number of sulfonamides is 1. The lowest BCUT2D eigenvalue weighted by Crippen LogP contribution is -2.24. The average molecular weight is 206 g/mol. The lowest BCUT2D eigenvalue weighted by Gasteiger charge is -2.09. The highest BCUT2D eigenvalue weighted by atomic mass is 35.5. The molecule has 0 unspecified atom stereocenters. The van der Waals surface area contributed by atoms with Gasteiger partial charge in [-0.3, -0.25) is 0 Å². The maximum atomic E-state index is 10.9. The molecule has 0 bridgehead atoms. The fraction of sp³-hybridized carbons (Fsp3) is 1.00. The van der Waals surface area contributed by atoms with Crippen molar-refractivity contribution in [3.63, 3.8) is 0 Å². The molecule has 0 N–H and O–H groups in total. The van der Waals surface area contributed by atoms with Crippen LogP contribution in [0.25, 0.3) is 0 Å². The summed E-state index contributed by atoms with van der Waals surface area (Å²) in [5, 5.41) is 0. The van der Waals surface area contributed by atoms with Gasteiger partial charge in [-0.1, -0.05) is 0 Å². The van der Waals surface area contributed by atoms with Crippen LogP contribution in [0.1, 0.15) is 6.92 Å². The first-order valence-corrected chi connectivity index (χ1v) is 5.25. The van der Waals surface area contributed by atoms with Crippen LogP contribution in [0.2, 0.25) is 0 Å². The quantitative estimate of drug-likeness (QED) is 0.508. The van der Waals surface area contributed by atoms with E-state index < -0.39 is 10.0 Å². The number of hydrogen-bond donors (Lipinski definition) is 0. The molecule has 0 fully saturated rings. The second kappa shape index (κ2) is 4.38. The Hall–Kier alpha value is 0.490. The zero-order chi connectivity index (χ0) is 8.20. The predicted molar refractivity (Wildman–Crippen MR) is 42.7 cm³/mol. The van der Waals surface area contributed by atoms with Gasteiger partial charge >= 0.3 is 0 Å². The van der Waals surface area contributed by atoms with Gasteiger partial charge in [0.15, 0.2) is 0 Å². The minimum Gasteiger partial charge on any atom is -0.211 e. The molecule has 0 saturated carbocycles. The highest BCUT2D eigenvalue weighted by molar-refractivity contribution is 7.90. The molecule has 62 valence electrons. The number of rotatable bonds is 4. The first-order valence-electron chi connectivity index (χ1n) is 2.76. The maximum absolute atomic E-state index is 10.9. The average Bonchev–Trinajstić information content (AvgIpc) is 1.86. The Morgan fingerprint density at radius 1 is 1.50 bits per heavy atom. The molecule has 0 amide bonds. The van der Waals surface area contributed by atoms with Crippen molar-refractivity contribution >= 4 is 33.4 Å². The Bertz CT molecular complexity index is 180. The van der Waals surface area contributed by atoms with E-state index in [9.17, 15) is 8.42 Å². The van der Waals surface area contributed by atoms with Crippen molar-refractivity contribution < 1.29 is 8.42 Å². The number of nitrogens with zero attached hydrogens (tertiary/aromatic N) is 1. The minimum atomic E-state index is -3.29. The topological polar surface area (TPSA) is 37.4 Å². The fourth-order valence-electron chi connectivity index (χ4n) is 0.393. The molecule has 3 nitrogen and oxygen atoms in total. The molecule has 0 aromatic carbocycles. The third-order valence-electron chi connectivity index (χ3n) is 0.886. The van der Waals surface area contributed by atoms with Crippen LogP contribution in [0.3, 0.4) is 0 Å². The molecule has 0 aliphatic carbocycles. The van der Waals surface area contributed by atoms with Gasteiger partial charge in [-0.15, -0.1) is 15.4 Å². The summed E-state index contributed by atoms with van der Waals surface area (Å²) >= 11 is 10.5. The van der Waals surface area contributed by atoms with Crippen LogP contribution in [0, 0.1) is 0 Å². The van der Waals surface area contributed by atoms with Crippen LogP contribution in [0.4, 0.5) is 0 Å². The highest BCUT2D eigenvalue weighted by Gasteiger charge is 2.16. The molecular weight excluding hydrogens is 197 g/mol. The summed E-state index contributed by atoms with van der Waals surface area (Å²) in [4.78, 5) is 0. The zero-order valence-corrected chi connectivity index (χ0v) is 7.88. The molecule has 10 heavy (non-hydrogen) atoms. The van der Waals surface area contributed by atoms with Gasteiger partial charge in [0.2, 0.25) is 10.0 Å². The summed E-state index contributed by atoms with van der Waals surface area (Å²) in [7, 11) is -3.29. The molecule has 0 rings (SSSR count). The van der Waals surface area contributed by atoms with E-state index in [-0.39, 0.29) is 18.2 Å². The van der Waals surface area contributed by atoms with Crippen molar-refractivity contribution in [2.45, 2.75) is 6.92 Å². The molecule has 0 heterocycles. The lowest BCUT2D eigenvalue weighted by atomic mass is 10.8. The van der Waals surface area contributed by atoms with Crippen molar-refractivity contribution in [3.05, 3.63) is 0 Å². The van der Waals surface area contributed by atoms with E-state index in [1.54, 1.807) is 6.92 Å². The van der Waals surface area contributed by atoms with Crippen LogP contribution in [-0.4, -0.2) is 30.4 Å². The van der Waals surface area contributed by atoms with Crippen LogP contribution in [0.5, 0.6) is 0 Å². The lowest BCUT2D eigenvalue weighted by molar-refractivity contribution is 0.546. The molecule has 0 aromatic rings. The van der Waals surface area contributed by atoms with Crippen LogP contribution < -0.4 is 0 Å². The Morgan fingerprint density at radius 3 is 2.30 bits per heavy atom. The monoisotopic (exact) mass is 205 g/mol. The van der Waals surface area contributed by atoms with Gasteiger partial charge in [0, 0.05) is 12.4 Å². The van der Waals surface area contributed by atoms with Gasteiger partial charge < -0.3 is 0 Å². The zero-order valence-electron chi connectivity index (χ0n) is 5.55. The summed E-state index contributed by atoms with van der Waals surface area (Å²) < 4.78 is 22.5. The van der Waals surface area contributed by atoms with Gasteiger partial charge in [-0.05, 0) is 18.7 Å². The largest absolute Gasteiger partial charge is 0.228 e. The first kappa shape index (κ1) is 10.5. The molecule has 0 saturated heterocycles. The van der Waals surface area contributed by atoms with Crippen LogP contribution >= 0.6 is 23.4 Å². The summed E-state index contributed by atoms with van der Waals surface area (Å²) in [5.41, 5.74) is 0. The molecule has 0 aliphatic rings. The summed E-state index contributed by atoms with van der Waals surface area (Å²) in [6, 6.07) is 0. The van der Waals surface area contributed by atoms with Crippen molar-refractivity contribution in [1.82, 2.24) is 3.82 Å². The van der Waals surface area contributed by atoms with Crippen molar-refractivity contribution in [3.8, 4) is 0 Å². The number of halogens is 2. The Kier molecular flexibility index (Phi) is 4.60. The van der Waals surface area contributed by atoms with E-state index in [1.807, 2.05) is 0 Å². The molecule has 0 atom stereocenters. The molecule has 6 heteroatoms. The van der Waals surface area contributed by atoms with Gasteiger partial charge in [0.1, 0.15) is 0 Å². The van der Waals surface area contributed by atoms with E-state index >= 15 is 0 Å². The Labute approximate surface area is 71.1 Å². The highest BCUT2D eigenvalue weighted by Crippen LogP contribution is 2.04. The molecular formula is C4H9Cl2NO2S. The SMILES string of the molecule is CCN(Cl)S(=O)(=O)CCCl. The second-order valence-corrected chi connectivity index (χ2v) is 4.61. The molecule has 0 aromatic heterocycles. The van der Waals surface area contributed by atoms with Crippen molar-refractivity contribution in [1.29, 1.82) is 0 Å². The smallest absolute Gasteiger partial charge is 0.211 e. The minimum absolute atomic E-state index is 0.0750. The van der Waals surface area contributed by atoms with Crippen LogP contribution in [-0.2, 0) is 10.0 Å². The molecule has 0 radical (unpaired) electrons. The predicted octanol–water partition coefficient (Wildman–Crippen LogP) is 1.03. The third-order valence-corrected chi connectivity index (χ3v) is 3.75. The van der Waals surface area contributed by atoms with Gasteiger partial charge in [-0.2, -0.15) is 0 Å². The first-order chi connectivity index (χ1) is 4.54. The maximum Gasteiger partial charge on any atom is 0.228 e. The van der Waals surface area contributed by atoms with E-state index in [2.05, 4.69) is 0 Å². The molecule has 0 spiro atoms. The Balaban J connectivity index is 4.12. The Morgan fingerprint density at radius 2 is 2.00 bits per heavy atom. The number of hydrogen-bond acceptors (Lipinski definition) is 2. The van der Waals surface area contributed by atoms with Crippen molar-refractivity contribution in [2.75, 3.05) is 18.2 Å². The number of alkyl halides is 1. The molecule has 0 aliphatic heterocycles. The summed E-state index contributed by atoms with van der Waals surface area (Å²) in [5.74, 6) is -0.0303. The van der Waals surface area contributed by atoms with Gasteiger partial charge in [0.05, 0.1) is 5.75 Å². The standard InChI is InChI=1S/C4H9Cl2NO2S/c1-2-7(6)10(8,9)4-3-5/h2-4H2,1H3. The van der Waals surface area contributed by atoms with Gasteiger partial charge in [-0.25, -0.2) is 8.42 Å². The van der Waals surface area contributed by atoms with E-state index in [0.29, 0.717) is 0 Å². The van der Waals surface area contributed by atoms with Gasteiger partial charge in [0.25, 0.3) is 0 Å². The summed E-state index contributed by atoms with van der Waals surface area (Å²) in [6.45, 7) is 1.92. The van der Waals surface area contributed by atoms with E-state index in [0.717, 1.165) is 3.82 Å². The second-order valence-electron chi connectivity index (χ2n) is 1.61. The fourth-order valence-corrected chi connectivity index (χ4v) is 1.97. The third kappa shape index (κ3) is 3.05. The normalized spacial score (nSPS) is 12.4. The van der Waals surface area contributed by atoms with Crippen molar-refractivity contribution in [2.24, 2.45) is 0 Å².